The van der Waals surface area contributed by atoms with E-state index in [2.05, 4.69) is 13.8 Å². The zero-order valence-corrected chi connectivity index (χ0v) is 14.2. The maximum Gasteiger partial charge on any atom is 0.0591 e. The second-order valence-corrected chi connectivity index (χ2v) is 8.52. The van der Waals surface area contributed by atoms with E-state index in [1.807, 2.05) is 13.8 Å². The molecule has 1 heteroatoms. The zero-order chi connectivity index (χ0) is 14.8. The van der Waals surface area contributed by atoms with Gasteiger partial charge in [0.15, 0.2) is 0 Å². The summed E-state index contributed by atoms with van der Waals surface area (Å²) >= 11 is 0. The molecule has 1 nitrogen and oxygen atoms in total. The molecule has 2 rings (SSSR count). The van der Waals surface area contributed by atoms with Crippen molar-refractivity contribution in [2.75, 3.05) is 0 Å². The van der Waals surface area contributed by atoms with Crippen LogP contribution >= 0.6 is 0 Å². The van der Waals surface area contributed by atoms with Crippen molar-refractivity contribution in [1.82, 2.24) is 0 Å². The predicted molar refractivity (Wildman–Crippen MR) is 86.6 cm³/mol. The summed E-state index contributed by atoms with van der Waals surface area (Å²) in [5, 5.41) is 9.78. The first kappa shape index (κ1) is 16.3. The predicted octanol–water partition coefficient (Wildman–Crippen LogP) is 5.42. The summed E-state index contributed by atoms with van der Waals surface area (Å²) in [6, 6.07) is 0. The van der Waals surface area contributed by atoms with Crippen LogP contribution in [0.1, 0.15) is 85.5 Å². The van der Waals surface area contributed by atoms with Gasteiger partial charge in [-0.15, -0.1) is 0 Å². The average Bonchev–Trinajstić information content (AvgIpc) is 2.78. The van der Waals surface area contributed by atoms with Gasteiger partial charge in [0.2, 0.25) is 0 Å². The maximum absolute atomic E-state index is 9.78. The van der Waals surface area contributed by atoms with Gasteiger partial charge in [0.1, 0.15) is 0 Å². The molecule has 0 bridgehead atoms. The first-order valence-corrected chi connectivity index (χ1v) is 9.11. The summed E-state index contributed by atoms with van der Waals surface area (Å²) in [6.07, 6.45) is 12.3. The van der Waals surface area contributed by atoms with E-state index in [0.717, 1.165) is 36.0 Å². The summed E-state index contributed by atoms with van der Waals surface area (Å²) in [5.74, 6) is 4.96. The van der Waals surface area contributed by atoms with Crippen molar-refractivity contribution in [3.63, 3.8) is 0 Å². The van der Waals surface area contributed by atoms with Gasteiger partial charge in [0, 0.05) is 0 Å². The second-order valence-electron chi connectivity index (χ2n) is 8.52. The van der Waals surface area contributed by atoms with Gasteiger partial charge in [0.05, 0.1) is 5.60 Å². The molecular formula is C19H36O. The van der Waals surface area contributed by atoms with Gasteiger partial charge in [0.25, 0.3) is 0 Å². The molecule has 2 saturated carbocycles. The minimum absolute atomic E-state index is 0.473. The number of hydrogen-bond acceptors (Lipinski definition) is 1. The number of hydrogen-bond donors (Lipinski definition) is 1. The molecule has 0 radical (unpaired) electrons. The summed E-state index contributed by atoms with van der Waals surface area (Å²) in [4.78, 5) is 0. The van der Waals surface area contributed by atoms with Crippen LogP contribution in [0.2, 0.25) is 0 Å². The van der Waals surface area contributed by atoms with Crippen LogP contribution < -0.4 is 0 Å². The maximum atomic E-state index is 9.78. The standard InChI is InChI=1S/C19H36O/c1-14(8-5-6-13-19(3,4)20)17-12-11-16-10-7-9-15(2)18(16)17/h14-18,20H,5-13H2,1-4H3/t14-,15?,16-,17-,18-/m1/s1. The van der Waals surface area contributed by atoms with Crippen molar-refractivity contribution in [1.29, 1.82) is 0 Å². The molecule has 2 aliphatic carbocycles. The van der Waals surface area contributed by atoms with Crippen molar-refractivity contribution in [3.05, 3.63) is 0 Å². The van der Waals surface area contributed by atoms with Crippen molar-refractivity contribution >= 4 is 0 Å². The van der Waals surface area contributed by atoms with Crippen molar-refractivity contribution in [2.24, 2.45) is 29.6 Å². The molecule has 0 heterocycles. The SMILES string of the molecule is CC1CCC[C@@H]2CC[C@H]([C@H](C)CCCCC(C)(C)O)[C@H]12. The highest BCUT2D eigenvalue weighted by Crippen LogP contribution is 2.51. The molecule has 1 N–H and O–H groups in total. The van der Waals surface area contributed by atoms with Gasteiger partial charge < -0.3 is 5.11 Å². The minimum Gasteiger partial charge on any atom is -0.390 e. The smallest absolute Gasteiger partial charge is 0.0591 e. The summed E-state index contributed by atoms with van der Waals surface area (Å²) in [6.45, 7) is 8.87. The van der Waals surface area contributed by atoms with Crippen molar-refractivity contribution in [2.45, 2.75) is 91.1 Å². The van der Waals surface area contributed by atoms with E-state index in [-0.39, 0.29) is 0 Å². The van der Waals surface area contributed by atoms with Crippen LogP contribution in [0.25, 0.3) is 0 Å². The van der Waals surface area contributed by atoms with Gasteiger partial charge in [-0.1, -0.05) is 52.4 Å². The Hall–Kier alpha value is -0.0400. The van der Waals surface area contributed by atoms with Crippen LogP contribution in [0.3, 0.4) is 0 Å². The molecule has 5 atom stereocenters. The zero-order valence-electron chi connectivity index (χ0n) is 14.2. The second kappa shape index (κ2) is 6.81. The molecule has 0 spiro atoms. The highest BCUT2D eigenvalue weighted by molar-refractivity contribution is 4.92. The first-order chi connectivity index (χ1) is 9.38. The number of unbranched alkanes of at least 4 members (excludes halogenated alkanes) is 1. The van der Waals surface area contributed by atoms with Crippen molar-refractivity contribution in [3.8, 4) is 0 Å². The Morgan fingerprint density at radius 1 is 1.10 bits per heavy atom. The van der Waals surface area contributed by atoms with E-state index >= 15 is 0 Å². The van der Waals surface area contributed by atoms with E-state index in [0.29, 0.717) is 0 Å². The lowest BCUT2D eigenvalue weighted by molar-refractivity contribution is 0.0666. The van der Waals surface area contributed by atoms with Crippen molar-refractivity contribution < 1.29 is 5.11 Å². The van der Waals surface area contributed by atoms with Gasteiger partial charge in [-0.05, 0) is 62.7 Å². The lowest BCUT2D eigenvalue weighted by Crippen LogP contribution is -2.30. The quantitative estimate of drug-likeness (QED) is 0.644. The van der Waals surface area contributed by atoms with Crippen LogP contribution in [0.4, 0.5) is 0 Å². The third-order valence-corrected chi connectivity index (χ3v) is 6.23. The monoisotopic (exact) mass is 280 g/mol. The fourth-order valence-corrected chi connectivity index (χ4v) is 5.16. The fourth-order valence-electron chi connectivity index (χ4n) is 5.16. The Bertz CT molecular complexity index is 291. The van der Waals surface area contributed by atoms with Crippen LogP contribution in [-0.2, 0) is 0 Å². The van der Waals surface area contributed by atoms with E-state index in [4.69, 9.17) is 0 Å². The molecule has 0 amide bonds. The largest absolute Gasteiger partial charge is 0.390 e. The van der Waals surface area contributed by atoms with Gasteiger partial charge in [-0.25, -0.2) is 0 Å². The molecule has 118 valence electrons. The number of aliphatic hydroxyl groups is 1. The minimum atomic E-state index is -0.473. The molecule has 0 aliphatic heterocycles. The van der Waals surface area contributed by atoms with Crippen LogP contribution in [0, 0.1) is 29.6 Å². The van der Waals surface area contributed by atoms with E-state index in [1.54, 1.807) is 0 Å². The summed E-state index contributed by atoms with van der Waals surface area (Å²) in [5.41, 5.74) is -0.473. The Morgan fingerprint density at radius 2 is 1.85 bits per heavy atom. The molecule has 0 saturated heterocycles. The van der Waals surface area contributed by atoms with Gasteiger partial charge >= 0.3 is 0 Å². The molecule has 1 unspecified atom stereocenters. The van der Waals surface area contributed by atoms with E-state index in [1.165, 1.54) is 51.4 Å². The number of fused-ring (bicyclic) bond motifs is 1. The lowest BCUT2D eigenvalue weighted by atomic mass is 9.68. The topological polar surface area (TPSA) is 20.2 Å². The average molecular weight is 280 g/mol. The first-order valence-electron chi connectivity index (χ1n) is 9.11. The number of rotatable bonds is 6. The fraction of sp³-hybridized carbons (Fsp3) is 1.00. The van der Waals surface area contributed by atoms with E-state index in [9.17, 15) is 5.11 Å². The molecule has 0 aromatic rings. The van der Waals surface area contributed by atoms with Crippen LogP contribution in [0.5, 0.6) is 0 Å². The molecule has 0 aromatic carbocycles. The Balaban J connectivity index is 1.76. The van der Waals surface area contributed by atoms with Crippen LogP contribution in [-0.4, -0.2) is 10.7 Å². The summed E-state index contributed by atoms with van der Waals surface area (Å²) in [7, 11) is 0. The summed E-state index contributed by atoms with van der Waals surface area (Å²) < 4.78 is 0. The highest BCUT2D eigenvalue weighted by Gasteiger charge is 2.42. The van der Waals surface area contributed by atoms with Crippen LogP contribution in [0.15, 0.2) is 0 Å². The molecule has 2 fully saturated rings. The van der Waals surface area contributed by atoms with Gasteiger partial charge in [-0.2, -0.15) is 0 Å². The third-order valence-electron chi connectivity index (χ3n) is 6.23. The molecule has 0 aromatic heterocycles. The highest BCUT2D eigenvalue weighted by atomic mass is 16.3. The normalized spacial score (nSPS) is 35.9. The van der Waals surface area contributed by atoms with E-state index < -0.39 is 5.60 Å². The molecule has 20 heavy (non-hydrogen) atoms. The Kier molecular flexibility index (Phi) is 5.56. The Labute approximate surface area is 126 Å². The van der Waals surface area contributed by atoms with Gasteiger partial charge in [-0.3, -0.25) is 0 Å². The molecular weight excluding hydrogens is 244 g/mol. The lowest BCUT2D eigenvalue weighted by Gasteiger charge is -2.37. The Morgan fingerprint density at radius 3 is 2.55 bits per heavy atom. The third kappa shape index (κ3) is 4.23. The molecule has 2 aliphatic rings.